The highest BCUT2D eigenvalue weighted by atomic mass is 16.5. The van der Waals surface area contributed by atoms with Crippen LogP contribution < -0.4 is 0 Å². The summed E-state index contributed by atoms with van der Waals surface area (Å²) >= 11 is 0. The second kappa shape index (κ2) is 8.95. The SMILES string of the molecule is COCCN(CCC#N)CCC(C)O. The first-order chi connectivity index (χ1) is 6.70. The van der Waals surface area contributed by atoms with Gasteiger partial charge >= 0.3 is 0 Å². The van der Waals surface area contributed by atoms with Crippen molar-refractivity contribution in [3.8, 4) is 6.07 Å². The van der Waals surface area contributed by atoms with E-state index in [0.29, 0.717) is 13.0 Å². The molecule has 0 aromatic carbocycles. The van der Waals surface area contributed by atoms with Crippen molar-refractivity contribution in [2.24, 2.45) is 0 Å². The number of aliphatic hydroxyl groups is 1. The predicted octanol–water partition coefficient (Wildman–Crippen LogP) is 0.619. The van der Waals surface area contributed by atoms with Crippen LogP contribution >= 0.6 is 0 Å². The molecule has 0 saturated carbocycles. The Balaban J connectivity index is 3.67. The van der Waals surface area contributed by atoms with Crippen molar-refractivity contribution in [3.63, 3.8) is 0 Å². The maximum Gasteiger partial charge on any atom is 0.0635 e. The summed E-state index contributed by atoms with van der Waals surface area (Å²) < 4.78 is 4.97. The quantitative estimate of drug-likeness (QED) is 0.624. The topological polar surface area (TPSA) is 56.5 Å². The van der Waals surface area contributed by atoms with Crippen molar-refractivity contribution in [2.45, 2.75) is 25.9 Å². The van der Waals surface area contributed by atoms with E-state index in [0.717, 1.165) is 26.1 Å². The van der Waals surface area contributed by atoms with E-state index in [4.69, 9.17) is 15.1 Å². The molecule has 1 unspecified atom stereocenters. The van der Waals surface area contributed by atoms with Crippen LogP contribution in [0.25, 0.3) is 0 Å². The van der Waals surface area contributed by atoms with Crippen LogP contribution in [0.3, 0.4) is 0 Å². The molecule has 4 nitrogen and oxygen atoms in total. The molecule has 1 N–H and O–H groups in total. The van der Waals surface area contributed by atoms with Gasteiger partial charge < -0.3 is 9.84 Å². The van der Waals surface area contributed by atoms with Crippen molar-refractivity contribution in [1.82, 2.24) is 4.90 Å². The number of aliphatic hydroxyl groups excluding tert-OH is 1. The zero-order valence-corrected chi connectivity index (χ0v) is 9.07. The van der Waals surface area contributed by atoms with Gasteiger partial charge in [0.15, 0.2) is 0 Å². The lowest BCUT2D eigenvalue weighted by Gasteiger charge is -2.21. The summed E-state index contributed by atoms with van der Waals surface area (Å²) in [5.74, 6) is 0. The molecule has 0 saturated heterocycles. The first-order valence-electron chi connectivity index (χ1n) is 4.97. The van der Waals surface area contributed by atoms with Crippen LogP contribution in [-0.2, 0) is 4.74 Å². The van der Waals surface area contributed by atoms with E-state index in [1.54, 1.807) is 14.0 Å². The molecule has 0 spiro atoms. The van der Waals surface area contributed by atoms with Crippen molar-refractivity contribution >= 4 is 0 Å². The highest BCUT2D eigenvalue weighted by molar-refractivity contribution is 4.72. The van der Waals surface area contributed by atoms with Crippen LogP contribution in [0.2, 0.25) is 0 Å². The second-order valence-electron chi connectivity index (χ2n) is 3.38. The largest absolute Gasteiger partial charge is 0.393 e. The third-order valence-corrected chi connectivity index (χ3v) is 2.01. The van der Waals surface area contributed by atoms with Crippen LogP contribution in [0.1, 0.15) is 19.8 Å². The lowest BCUT2D eigenvalue weighted by molar-refractivity contribution is 0.125. The summed E-state index contributed by atoms with van der Waals surface area (Å²) in [5, 5.41) is 17.6. The number of hydrogen-bond acceptors (Lipinski definition) is 4. The summed E-state index contributed by atoms with van der Waals surface area (Å²) in [6, 6.07) is 2.12. The van der Waals surface area contributed by atoms with Gasteiger partial charge in [-0.05, 0) is 13.3 Å². The number of nitriles is 1. The second-order valence-corrected chi connectivity index (χ2v) is 3.38. The van der Waals surface area contributed by atoms with Crippen LogP contribution in [0.5, 0.6) is 0 Å². The molecule has 0 fully saturated rings. The first-order valence-corrected chi connectivity index (χ1v) is 4.97. The lowest BCUT2D eigenvalue weighted by atomic mass is 10.2. The molecule has 82 valence electrons. The summed E-state index contributed by atoms with van der Waals surface area (Å²) in [6.45, 7) is 4.85. The van der Waals surface area contributed by atoms with Crippen LogP contribution in [0.4, 0.5) is 0 Å². The van der Waals surface area contributed by atoms with Gasteiger partial charge in [0.1, 0.15) is 0 Å². The summed E-state index contributed by atoms with van der Waals surface area (Å²) in [5.41, 5.74) is 0. The number of ether oxygens (including phenoxy) is 1. The number of rotatable bonds is 8. The summed E-state index contributed by atoms with van der Waals surface area (Å²) in [7, 11) is 1.66. The van der Waals surface area contributed by atoms with E-state index >= 15 is 0 Å². The minimum atomic E-state index is -0.276. The number of hydrogen-bond donors (Lipinski definition) is 1. The monoisotopic (exact) mass is 200 g/mol. The van der Waals surface area contributed by atoms with E-state index < -0.39 is 0 Å². The van der Waals surface area contributed by atoms with Crippen molar-refractivity contribution in [3.05, 3.63) is 0 Å². The molecule has 0 aliphatic heterocycles. The molecular weight excluding hydrogens is 180 g/mol. The van der Waals surface area contributed by atoms with Gasteiger partial charge in [-0.3, -0.25) is 4.90 Å². The molecule has 4 heteroatoms. The smallest absolute Gasteiger partial charge is 0.0635 e. The fraction of sp³-hybridized carbons (Fsp3) is 0.900. The van der Waals surface area contributed by atoms with E-state index in [2.05, 4.69) is 11.0 Å². The molecule has 0 aromatic heterocycles. The first kappa shape index (κ1) is 13.4. The molecule has 0 rings (SSSR count). The van der Waals surface area contributed by atoms with Crippen molar-refractivity contribution < 1.29 is 9.84 Å². The molecule has 0 bridgehead atoms. The zero-order valence-electron chi connectivity index (χ0n) is 9.07. The average molecular weight is 200 g/mol. The fourth-order valence-electron chi connectivity index (χ4n) is 1.13. The highest BCUT2D eigenvalue weighted by Gasteiger charge is 2.05. The minimum Gasteiger partial charge on any atom is -0.393 e. The lowest BCUT2D eigenvalue weighted by Crippen LogP contribution is -2.31. The van der Waals surface area contributed by atoms with Crippen molar-refractivity contribution in [1.29, 1.82) is 5.26 Å². The fourth-order valence-corrected chi connectivity index (χ4v) is 1.13. The molecule has 0 heterocycles. The Morgan fingerprint density at radius 3 is 2.64 bits per heavy atom. The van der Waals surface area contributed by atoms with Gasteiger partial charge in [-0.25, -0.2) is 0 Å². The molecule has 0 amide bonds. The Labute approximate surface area is 86.1 Å². The van der Waals surface area contributed by atoms with Crippen molar-refractivity contribution in [2.75, 3.05) is 33.4 Å². The van der Waals surface area contributed by atoms with E-state index in [-0.39, 0.29) is 6.10 Å². The number of methoxy groups -OCH3 is 1. The Bertz CT molecular complexity index is 166. The van der Waals surface area contributed by atoms with E-state index in [1.807, 2.05) is 0 Å². The Hall–Kier alpha value is -0.630. The van der Waals surface area contributed by atoms with Gasteiger partial charge in [-0.15, -0.1) is 0 Å². The molecule has 0 radical (unpaired) electrons. The molecule has 14 heavy (non-hydrogen) atoms. The predicted molar refractivity (Wildman–Crippen MR) is 54.8 cm³/mol. The molecular formula is C10H20N2O2. The van der Waals surface area contributed by atoms with Crippen LogP contribution in [0.15, 0.2) is 0 Å². The molecule has 0 aromatic rings. The normalized spacial score (nSPS) is 12.8. The van der Waals surface area contributed by atoms with Crippen LogP contribution in [-0.4, -0.2) is 49.5 Å². The highest BCUT2D eigenvalue weighted by Crippen LogP contribution is 1.97. The third kappa shape index (κ3) is 7.99. The zero-order chi connectivity index (χ0) is 10.8. The molecule has 0 aliphatic carbocycles. The molecule has 0 aliphatic rings. The Morgan fingerprint density at radius 1 is 1.43 bits per heavy atom. The molecule has 1 atom stereocenters. The standard InChI is InChI=1S/C10H20N2O2/c1-10(13)4-7-12(6-3-5-11)8-9-14-2/h10,13H,3-4,6-9H2,1-2H3. The van der Waals surface area contributed by atoms with Gasteiger partial charge in [-0.1, -0.05) is 0 Å². The van der Waals surface area contributed by atoms with Gasteiger partial charge in [0, 0.05) is 33.2 Å². The van der Waals surface area contributed by atoms with Gasteiger partial charge in [-0.2, -0.15) is 5.26 Å². The van der Waals surface area contributed by atoms with E-state index in [9.17, 15) is 0 Å². The summed E-state index contributed by atoms with van der Waals surface area (Å²) in [4.78, 5) is 2.14. The van der Waals surface area contributed by atoms with Crippen LogP contribution in [0, 0.1) is 11.3 Å². The van der Waals surface area contributed by atoms with Gasteiger partial charge in [0.2, 0.25) is 0 Å². The van der Waals surface area contributed by atoms with Gasteiger partial charge in [0.25, 0.3) is 0 Å². The maximum atomic E-state index is 9.13. The maximum absolute atomic E-state index is 9.13. The summed E-state index contributed by atoms with van der Waals surface area (Å²) in [6.07, 6.45) is 1.00. The Morgan fingerprint density at radius 2 is 2.14 bits per heavy atom. The minimum absolute atomic E-state index is 0.276. The number of nitrogens with zero attached hydrogens (tertiary/aromatic N) is 2. The van der Waals surface area contributed by atoms with E-state index in [1.165, 1.54) is 0 Å². The third-order valence-electron chi connectivity index (χ3n) is 2.01. The Kier molecular flexibility index (Phi) is 8.54. The average Bonchev–Trinajstić information content (AvgIpc) is 2.16. The van der Waals surface area contributed by atoms with Gasteiger partial charge in [0.05, 0.1) is 18.8 Å².